The van der Waals surface area contributed by atoms with Crippen molar-refractivity contribution in [2.75, 3.05) is 37.7 Å². The van der Waals surface area contributed by atoms with E-state index in [-0.39, 0.29) is 17.6 Å². The molecule has 0 aromatic heterocycles. The lowest BCUT2D eigenvalue weighted by molar-refractivity contribution is -0.385. The van der Waals surface area contributed by atoms with Gasteiger partial charge < -0.3 is 9.80 Å². The minimum Gasteiger partial charge on any atom is -0.334 e. The first-order valence-corrected chi connectivity index (χ1v) is 10.1. The smallest absolute Gasteiger partial charge is 0.273 e. The van der Waals surface area contributed by atoms with Gasteiger partial charge in [-0.3, -0.25) is 14.9 Å². The highest BCUT2D eigenvalue weighted by molar-refractivity contribution is 7.99. The van der Waals surface area contributed by atoms with Gasteiger partial charge in [-0.05, 0) is 51.1 Å². The van der Waals surface area contributed by atoms with Crippen molar-refractivity contribution < 1.29 is 9.72 Å². The molecule has 1 aromatic carbocycles. The van der Waals surface area contributed by atoms with E-state index in [1.54, 1.807) is 19.1 Å². The van der Waals surface area contributed by atoms with E-state index in [2.05, 4.69) is 4.90 Å². The minimum atomic E-state index is -0.411. The van der Waals surface area contributed by atoms with E-state index in [0.29, 0.717) is 11.1 Å². The first-order chi connectivity index (χ1) is 12.1. The third-order valence-electron chi connectivity index (χ3n) is 5.02. The lowest BCUT2D eigenvalue weighted by Gasteiger charge is -2.32. The maximum Gasteiger partial charge on any atom is 0.273 e. The number of carbonyl (C=O) groups excluding carboxylic acids is 1. The molecular weight excluding hydrogens is 338 g/mol. The number of rotatable bonds is 4. The molecule has 0 N–H and O–H groups in total. The molecule has 2 saturated heterocycles. The van der Waals surface area contributed by atoms with Crippen LogP contribution in [0.5, 0.6) is 0 Å². The summed E-state index contributed by atoms with van der Waals surface area (Å²) in [6.07, 6.45) is 3.44. The molecule has 136 valence electrons. The number of hydrogen-bond acceptors (Lipinski definition) is 5. The molecule has 1 aromatic rings. The first-order valence-electron chi connectivity index (χ1n) is 8.92. The standard InChI is InChI=1S/C18H25N3O3S/c1-14-5-6-15(11-17(14)21(23)24)18(22)20-9-4-10-25-13-16(20)12-19-7-2-3-8-19/h5-6,11,16H,2-4,7-10,12-13H2,1H3. The highest BCUT2D eigenvalue weighted by Gasteiger charge is 2.29. The maximum atomic E-state index is 13.1. The number of likely N-dealkylation sites (tertiary alicyclic amines) is 1. The molecule has 25 heavy (non-hydrogen) atoms. The summed E-state index contributed by atoms with van der Waals surface area (Å²) in [5.41, 5.74) is 1.03. The monoisotopic (exact) mass is 363 g/mol. The van der Waals surface area contributed by atoms with Gasteiger partial charge in [0.15, 0.2) is 0 Å². The number of amides is 1. The second kappa shape index (κ2) is 8.19. The van der Waals surface area contributed by atoms with Crippen molar-refractivity contribution in [1.29, 1.82) is 0 Å². The van der Waals surface area contributed by atoms with Gasteiger partial charge in [-0.25, -0.2) is 0 Å². The number of carbonyl (C=O) groups is 1. The summed E-state index contributed by atoms with van der Waals surface area (Å²) < 4.78 is 0. The fourth-order valence-electron chi connectivity index (χ4n) is 3.62. The molecule has 0 bridgehead atoms. The highest BCUT2D eigenvalue weighted by atomic mass is 32.2. The molecule has 6 nitrogen and oxygen atoms in total. The summed E-state index contributed by atoms with van der Waals surface area (Å²) >= 11 is 1.91. The van der Waals surface area contributed by atoms with E-state index >= 15 is 0 Å². The molecule has 0 aliphatic carbocycles. The molecule has 1 atom stereocenters. The molecule has 0 radical (unpaired) electrons. The van der Waals surface area contributed by atoms with Gasteiger partial charge in [0.2, 0.25) is 0 Å². The number of nitro groups is 1. The molecule has 2 fully saturated rings. The summed E-state index contributed by atoms with van der Waals surface area (Å²) in [5, 5.41) is 11.2. The second-order valence-electron chi connectivity index (χ2n) is 6.85. The van der Waals surface area contributed by atoms with Gasteiger partial charge in [-0.15, -0.1) is 0 Å². The molecule has 1 amide bonds. The lowest BCUT2D eigenvalue weighted by Crippen LogP contribution is -2.47. The Morgan fingerprint density at radius 1 is 1.28 bits per heavy atom. The van der Waals surface area contributed by atoms with Crippen LogP contribution in [0.25, 0.3) is 0 Å². The van der Waals surface area contributed by atoms with Crippen molar-refractivity contribution in [1.82, 2.24) is 9.80 Å². The van der Waals surface area contributed by atoms with Crippen molar-refractivity contribution in [3.8, 4) is 0 Å². The van der Waals surface area contributed by atoms with Crippen LogP contribution in [-0.4, -0.2) is 64.4 Å². The Balaban J connectivity index is 1.81. The van der Waals surface area contributed by atoms with E-state index in [4.69, 9.17) is 0 Å². The van der Waals surface area contributed by atoms with Crippen molar-refractivity contribution in [2.45, 2.75) is 32.2 Å². The Labute approximate surface area is 152 Å². The zero-order valence-corrected chi connectivity index (χ0v) is 15.5. The van der Waals surface area contributed by atoms with Gasteiger partial charge in [0.25, 0.3) is 11.6 Å². The van der Waals surface area contributed by atoms with Crippen molar-refractivity contribution in [3.05, 3.63) is 39.4 Å². The van der Waals surface area contributed by atoms with Crippen molar-refractivity contribution in [3.63, 3.8) is 0 Å². The average Bonchev–Trinajstić information content (AvgIpc) is 2.99. The van der Waals surface area contributed by atoms with Gasteiger partial charge in [-0.1, -0.05) is 6.07 Å². The molecule has 0 spiro atoms. The molecular formula is C18H25N3O3S. The summed E-state index contributed by atoms with van der Waals surface area (Å²) in [4.78, 5) is 28.3. The quantitative estimate of drug-likeness (QED) is 0.608. The Bertz CT molecular complexity index is 646. The zero-order chi connectivity index (χ0) is 17.8. The van der Waals surface area contributed by atoms with E-state index in [0.717, 1.165) is 44.1 Å². The fraction of sp³-hybridized carbons (Fsp3) is 0.611. The largest absolute Gasteiger partial charge is 0.334 e. The predicted molar refractivity (Wildman–Crippen MR) is 100 cm³/mol. The molecule has 3 rings (SSSR count). The summed E-state index contributed by atoms with van der Waals surface area (Å²) in [6, 6.07) is 5.00. The molecule has 7 heteroatoms. The van der Waals surface area contributed by atoms with Crippen LogP contribution in [0, 0.1) is 17.0 Å². The number of nitrogens with zero attached hydrogens (tertiary/aromatic N) is 3. The highest BCUT2D eigenvalue weighted by Crippen LogP contribution is 2.24. The Hall–Kier alpha value is -1.60. The van der Waals surface area contributed by atoms with Crippen LogP contribution in [-0.2, 0) is 0 Å². The summed E-state index contributed by atoms with van der Waals surface area (Å²) in [6.45, 7) is 5.56. The summed E-state index contributed by atoms with van der Waals surface area (Å²) in [5.74, 6) is 1.93. The second-order valence-corrected chi connectivity index (χ2v) is 8.00. The van der Waals surface area contributed by atoms with E-state index in [1.165, 1.54) is 18.9 Å². The number of nitro benzene ring substituents is 1. The van der Waals surface area contributed by atoms with Crippen molar-refractivity contribution >= 4 is 23.4 Å². The lowest BCUT2D eigenvalue weighted by atomic mass is 10.1. The van der Waals surface area contributed by atoms with Crippen LogP contribution in [0.3, 0.4) is 0 Å². The van der Waals surface area contributed by atoms with Gasteiger partial charge in [0, 0.05) is 36.0 Å². The van der Waals surface area contributed by atoms with Gasteiger partial charge in [0.1, 0.15) is 0 Å². The average molecular weight is 363 g/mol. The van der Waals surface area contributed by atoms with Gasteiger partial charge in [0.05, 0.1) is 11.0 Å². The van der Waals surface area contributed by atoms with E-state index in [1.807, 2.05) is 16.7 Å². The number of thioether (sulfide) groups is 1. The zero-order valence-electron chi connectivity index (χ0n) is 14.6. The van der Waals surface area contributed by atoms with E-state index in [9.17, 15) is 14.9 Å². The Kier molecular flexibility index (Phi) is 5.96. The third-order valence-corrected chi connectivity index (χ3v) is 6.22. The van der Waals surface area contributed by atoms with Crippen LogP contribution in [0.4, 0.5) is 5.69 Å². The van der Waals surface area contributed by atoms with E-state index < -0.39 is 4.92 Å². The Morgan fingerprint density at radius 2 is 2.04 bits per heavy atom. The summed E-state index contributed by atoms with van der Waals surface area (Å²) in [7, 11) is 0. The normalized spacial score (nSPS) is 22.0. The van der Waals surface area contributed by atoms with Crippen LogP contribution in [0.2, 0.25) is 0 Å². The van der Waals surface area contributed by atoms with Crippen LogP contribution >= 0.6 is 11.8 Å². The Morgan fingerprint density at radius 3 is 2.76 bits per heavy atom. The minimum absolute atomic E-state index is 0.0196. The molecule has 2 aliphatic heterocycles. The van der Waals surface area contributed by atoms with Crippen molar-refractivity contribution in [2.24, 2.45) is 0 Å². The maximum absolute atomic E-state index is 13.1. The topological polar surface area (TPSA) is 66.7 Å². The third kappa shape index (κ3) is 4.33. The van der Waals surface area contributed by atoms with Gasteiger partial charge in [-0.2, -0.15) is 11.8 Å². The van der Waals surface area contributed by atoms with Crippen LogP contribution in [0.1, 0.15) is 35.2 Å². The molecule has 0 saturated carbocycles. The van der Waals surface area contributed by atoms with Gasteiger partial charge >= 0.3 is 0 Å². The number of hydrogen-bond donors (Lipinski definition) is 0. The predicted octanol–water partition coefficient (Wildman–Crippen LogP) is 2.95. The number of aryl methyl sites for hydroxylation is 1. The molecule has 2 heterocycles. The first kappa shape index (κ1) is 18.2. The van der Waals surface area contributed by atoms with Crippen LogP contribution in [0.15, 0.2) is 18.2 Å². The number of benzene rings is 1. The SMILES string of the molecule is Cc1ccc(C(=O)N2CCCSCC2CN2CCCC2)cc1[N+](=O)[O-]. The van der Waals surface area contributed by atoms with Crippen LogP contribution < -0.4 is 0 Å². The molecule has 1 unspecified atom stereocenters. The fourth-order valence-corrected chi connectivity index (χ4v) is 4.67. The molecule has 2 aliphatic rings.